The Bertz CT molecular complexity index is 2100. The van der Waals surface area contributed by atoms with E-state index in [0.717, 1.165) is 27.8 Å². The van der Waals surface area contributed by atoms with Gasteiger partial charge in [0.2, 0.25) is 17.7 Å². The third-order valence-electron chi connectivity index (χ3n) is 10.8. The van der Waals surface area contributed by atoms with Crippen molar-refractivity contribution < 1.29 is 23.9 Å². The summed E-state index contributed by atoms with van der Waals surface area (Å²) in [5, 5.41) is 6.88. The molecule has 6 heterocycles. The molecule has 0 unspecified atom stereocenters. The predicted octanol–water partition coefficient (Wildman–Crippen LogP) is 6.76. The minimum absolute atomic E-state index is 0.00190. The summed E-state index contributed by atoms with van der Waals surface area (Å²) in [5.41, 5.74) is 3.57. The van der Waals surface area contributed by atoms with Crippen LogP contribution < -0.4 is 25.2 Å². The maximum atomic E-state index is 13.6. The van der Waals surface area contributed by atoms with E-state index in [1.165, 1.54) is 0 Å². The van der Waals surface area contributed by atoms with Gasteiger partial charge in [-0.25, -0.2) is 9.97 Å². The number of anilines is 2. The van der Waals surface area contributed by atoms with Gasteiger partial charge in [0.15, 0.2) is 17.2 Å². The first-order valence-corrected chi connectivity index (χ1v) is 18.9. The first-order valence-electron chi connectivity index (χ1n) is 18.2. The summed E-state index contributed by atoms with van der Waals surface area (Å²) in [4.78, 5) is 63.6. The van der Waals surface area contributed by atoms with E-state index < -0.39 is 11.0 Å². The molecular formula is C41H40Cl2N6O5. The highest BCUT2D eigenvalue weighted by Crippen LogP contribution is 2.46. The molecule has 2 atom stereocenters. The lowest BCUT2D eigenvalue weighted by atomic mass is 9.80. The number of aromatic nitrogens is 2. The molecule has 2 saturated heterocycles. The zero-order valence-corrected chi connectivity index (χ0v) is 32.0. The van der Waals surface area contributed by atoms with Crippen LogP contribution in [0.15, 0.2) is 60.9 Å². The molecule has 8 rings (SSSR count). The molecule has 4 aromatic rings. The molecule has 0 radical (unpaired) electrons. The van der Waals surface area contributed by atoms with Gasteiger partial charge in [-0.2, -0.15) is 0 Å². The van der Waals surface area contributed by atoms with Crippen LogP contribution in [0.3, 0.4) is 0 Å². The van der Waals surface area contributed by atoms with Gasteiger partial charge in [-0.3, -0.25) is 29.0 Å². The van der Waals surface area contributed by atoms with Crippen molar-refractivity contribution in [3.05, 3.63) is 76.5 Å². The summed E-state index contributed by atoms with van der Waals surface area (Å²) < 4.78 is 6.20. The number of rotatable bonds is 7. The third-order valence-corrected chi connectivity index (χ3v) is 11.6. The number of nitrogens with one attached hydrogen (secondary N) is 2. The summed E-state index contributed by atoms with van der Waals surface area (Å²) in [7, 11) is 0. The average molecular weight is 768 g/mol. The number of benzene rings is 2. The Morgan fingerprint density at radius 1 is 0.722 bits per heavy atom. The number of carbonyl (C=O) groups excluding carboxylic acids is 4. The normalized spacial score (nSPS) is 21.4. The van der Waals surface area contributed by atoms with Crippen LogP contribution in [0, 0.1) is 5.41 Å². The van der Waals surface area contributed by atoms with Gasteiger partial charge < -0.3 is 15.4 Å². The van der Waals surface area contributed by atoms with E-state index in [9.17, 15) is 19.2 Å². The molecule has 4 aliphatic heterocycles. The number of hydrogen-bond acceptors (Lipinski definition) is 7. The van der Waals surface area contributed by atoms with Gasteiger partial charge in [-0.1, -0.05) is 73.4 Å². The van der Waals surface area contributed by atoms with Crippen LogP contribution in [-0.4, -0.2) is 64.4 Å². The number of fused-ring (bicyclic) bond motifs is 2. The molecule has 2 aromatic carbocycles. The van der Waals surface area contributed by atoms with E-state index in [1.807, 2.05) is 56.3 Å². The van der Waals surface area contributed by atoms with Crippen LogP contribution in [0.2, 0.25) is 10.0 Å². The largest absolute Gasteiger partial charge is 0.474 e. The minimum atomic E-state index is -1.14. The average Bonchev–Trinajstić information content (AvgIpc) is 3.74. The zero-order chi connectivity index (χ0) is 38.1. The lowest BCUT2D eigenvalue weighted by Crippen LogP contribution is -2.55. The SMILES string of the molecule is CC1(C)Cc2cc(-c3cccc(-c4cccc(-c5cnc6c(c5)OC(C)(C)C(=O)N6C[C@@H]5CCC(=O)N5)c4Cl)c3Cl)cnc2N(C[C@@H]2CCC(=O)N2)C1=O. The Labute approximate surface area is 323 Å². The molecule has 4 amide bonds. The van der Waals surface area contributed by atoms with Crippen molar-refractivity contribution in [3.8, 4) is 39.1 Å². The summed E-state index contributed by atoms with van der Waals surface area (Å²) in [5.74, 6) is 1.18. The second-order valence-corrected chi connectivity index (χ2v) is 16.5. The molecular weight excluding hydrogens is 727 g/mol. The van der Waals surface area contributed by atoms with E-state index in [-0.39, 0.29) is 35.7 Å². The maximum absolute atomic E-state index is 13.6. The van der Waals surface area contributed by atoms with Crippen molar-refractivity contribution in [2.24, 2.45) is 5.41 Å². The number of carbonyl (C=O) groups is 4. The minimum Gasteiger partial charge on any atom is -0.474 e. The highest BCUT2D eigenvalue weighted by Gasteiger charge is 2.44. The fourth-order valence-corrected chi connectivity index (χ4v) is 8.65. The van der Waals surface area contributed by atoms with Crippen molar-refractivity contribution >= 4 is 58.5 Å². The molecule has 0 bridgehead atoms. The van der Waals surface area contributed by atoms with Crippen molar-refractivity contribution in [1.29, 1.82) is 0 Å². The second kappa shape index (κ2) is 13.4. The van der Waals surface area contributed by atoms with Crippen LogP contribution in [0.25, 0.3) is 33.4 Å². The fraction of sp³-hybridized carbons (Fsp3) is 0.366. The number of pyridine rings is 2. The number of nitrogens with zero attached hydrogens (tertiary/aromatic N) is 4. The molecule has 11 nitrogen and oxygen atoms in total. The van der Waals surface area contributed by atoms with Crippen molar-refractivity contribution in [1.82, 2.24) is 20.6 Å². The Morgan fingerprint density at radius 3 is 1.76 bits per heavy atom. The van der Waals surface area contributed by atoms with Gasteiger partial charge >= 0.3 is 0 Å². The number of hydrogen-bond donors (Lipinski definition) is 2. The molecule has 4 aliphatic rings. The maximum Gasteiger partial charge on any atom is 0.271 e. The van der Waals surface area contributed by atoms with Crippen molar-refractivity contribution in [3.63, 3.8) is 0 Å². The van der Waals surface area contributed by atoms with Crippen LogP contribution in [0.4, 0.5) is 11.6 Å². The molecule has 278 valence electrons. The standard InChI is InChI=1S/C41H40Cl2N6O5/c1-40(2)17-22-15-23(18-44-36(22)48(38(40)52)20-25-11-13-32(50)46-25)27-7-5-9-29(34(27)42)30-10-6-8-28(35(30)43)24-16-31-37(45-19-24)49(39(53)41(3,4)54-31)21-26-12-14-33(51)47-26/h5-10,15-16,18-19,25-26H,11-14,17,20-21H2,1-4H3,(H,46,50)(H,47,51)/t25-,26-/m0/s1. The second-order valence-electron chi connectivity index (χ2n) is 15.7. The molecule has 2 fully saturated rings. The monoisotopic (exact) mass is 766 g/mol. The highest BCUT2D eigenvalue weighted by molar-refractivity contribution is 6.39. The van der Waals surface area contributed by atoms with Crippen LogP contribution in [0.5, 0.6) is 5.75 Å². The van der Waals surface area contributed by atoms with Gasteiger partial charge in [0.05, 0.1) is 10.0 Å². The Kier molecular flexibility index (Phi) is 8.92. The Balaban J connectivity index is 1.11. The van der Waals surface area contributed by atoms with Gasteiger partial charge in [0.1, 0.15) is 5.82 Å². The van der Waals surface area contributed by atoms with E-state index >= 15 is 0 Å². The van der Waals surface area contributed by atoms with E-state index in [4.69, 9.17) is 32.9 Å². The van der Waals surface area contributed by atoms with E-state index in [1.54, 1.807) is 36.0 Å². The lowest BCUT2D eigenvalue weighted by Gasteiger charge is -2.39. The lowest BCUT2D eigenvalue weighted by molar-refractivity contribution is -0.133. The number of ether oxygens (including phenoxy) is 1. The molecule has 2 N–H and O–H groups in total. The molecule has 13 heteroatoms. The molecule has 2 aromatic heterocycles. The van der Waals surface area contributed by atoms with Crippen LogP contribution in [-0.2, 0) is 25.6 Å². The van der Waals surface area contributed by atoms with Gasteiger partial charge in [0, 0.05) is 89.2 Å². The fourth-order valence-electron chi connectivity index (χ4n) is 7.97. The quantitative estimate of drug-likeness (QED) is 0.212. The van der Waals surface area contributed by atoms with Crippen LogP contribution in [0.1, 0.15) is 58.9 Å². The molecule has 0 aliphatic carbocycles. The Morgan fingerprint density at radius 2 is 1.22 bits per heavy atom. The zero-order valence-electron chi connectivity index (χ0n) is 30.5. The summed E-state index contributed by atoms with van der Waals surface area (Å²) in [6.07, 6.45) is 6.14. The highest BCUT2D eigenvalue weighted by atomic mass is 35.5. The topological polar surface area (TPSA) is 134 Å². The van der Waals surface area contributed by atoms with Crippen LogP contribution >= 0.6 is 23.2 Å². The molecule has 54 heavy (non-hydrogen) atoms. The number of halogens is 2. The van der Waals surface area contributed by atoms with Crippen molar-refractivity contribution in [2.75, 3.05) is 22.9 Å². The summed E-state index contributed by atoms with van der Waals surface area (Å²) in [6, 6.07) is 15.1. The van der Waals surface area contributed by atoms with E-state index in [0.29, 0.717) is 83.8 Å². The van der Waals surface area contributed by atoms with E-state index in [2.05, 4.69) is 21.7 Å². The first kappa shape index (κ1) is 36.0. The smallest absolute Gasteiger partial charge is 0.271 e. The third kappa shape index (κ3) is 6.36. The predicted molar refractivity (Wildman–Crippen MR) is 208 cm³/mol. The molecule has 0 spiro atoms. The Hall–Kier alpha value is -5.00. The van der Waals surface area contributed by atoms with Crippen molar-refractivity contribution in [2.45, 2.75) is 77.5 Å². The van der Waals surface area contributed by atoms with Gasteiger partial charge in [0.25, 0.3) is 5.91 Å². The first-order chi connectivity index (χ1) is 25.7. The molecule has 0 saturated carbocycles. The number of amides is 4. The summed E-state index contributed by atoms with van der Waals surface area (Å²) in [6.45, 7) is 7.99. The summed E-state index contributed by atoms with van der Waals surface area (Å²) >= 11 is 14.4. The van der Waals surface area contributed by atoms with Gasteiger partial charge in [-0.15, -0.1) is 0 Å². The van der Waals surface area contributed by atoms with Gasteiger partial charge in [-0.05, 0) is 50.8 Å².